The molecule has 4 nitrogen and oxygen atoms in total. The van der Waals surface area contributed by atoms with Crippen molar-refractivity contribution in [3.63, 3.8) is 0 Å². The molecule has 0 aromatic heterocycles. The SMILES string of the molecule is CCOc1ccc2c3c1O[C@H]1[C@@H](O)C=C[C@H]4[C@@H](C2)[N+](C)(C)CC[C@@]341. The summed E-state index contributed by atoms with van der Waals surface area (Å²) in [7, 11) is 4.70. The molecule has 5 atom stereocenters. The smallest absolute Gasteiger partial charge is 0.166 e. The van der Waals surface area contributed by atoms with Gasteiger partial charge in [-0.05, 0) is 18.6 Å². The number of rotatable bonds is 2. The van der Waals surface area contributed by atoms with Gasteiger partial charge in [0.1, 0.15) is 18.2 Å². The topological polar surface area (TPSA) is 38.7 Å². The van der Waals surface area contributed by atoms with E-state index < -0.39 is 6.10 Å². The van der Waals surface area contributed by atoms with Gasteiger partial charge in [-0.3, -0.25) is 0 Å². The van der Waals surface area contributed by atoms with Gasteiger partial charge in [0.15, 0.2) is 11.5 Å². The highest BCUT2D eigenvalue weighted by atomic mass is 16.5. The van der Waals surface area contributed by atoms with E-state index in [4.69, 9.17) is 9.47 Å². The molecule has 1 aromatic carbocycles. The van der Waals surface area contributed by atoms with Crippen LogP contribution < -0.4 is 9.47 Å². The molecule has 2 aliphatic carbocycles. The maximum atomic E-state index is 10.7. The molecule has 128 valence electrons. The summed E-state index contributed by atoms with van der Waals surface area (Å²) in [6.07, 6.45) is 5.66. The van der Waals surface area contributed by atoms with E-state index in [1.165, 1.54) is 11.1 Å². The Labute approximate surface area is 143 Å². The predicted molar refractivity (Wildman–Crippen MR) is 91.4 cm³/mol. The molecule has 0 saturated carbocycles. The molecular formula is C20H26NO3+. The summed E-state index contributed by atoms with van der Waals surface area (Å²) in [6.45, 7) is 3.76. The van der Waals surface area contributed by atoms with Gasteiger partial charge >= 0.3 is 0 Å². The molecule has 5 rings (SSSR count). The van der Waals surface area contributed by atoms with Crippen molar-refractivity contribution in [2.75, 3.05) is 27.2 Å². The lowest BCUT2D eigenvalue weighted by Gasteiger charge is -2.58. The summed E-state index contributed by atoms with van der Waals surface area (Å²) in [4.78, 5) is 0. The van der Waals surface area contributed by atoms with Crippen LogP contribution in [0.25, 0.3) is 0 Å². The summed E-state index contributed by atoms with van der Waals surface area (Å²) in [5, 5.41) is 10.7. The molecule has 1 spiro atoms. The Bertz CT molecular complexity index is 741. The predicted octanol–water partition coefficient (Wildman–Crippen LogP) is 2.04. The molecule has 0 radical (unpaired) electrons. The van der Waals surface area contributed by atoms with Gasteiger partial charge in [0.2, 0.25) is 0 Å². The number of hydrogen-bond acceptors (Lipinski definition) is 3. The van der Waals surface area contributed by atoms with E-state index in [1.54, 1.807) is 0 Å². The van der Waals surface area contributed by atoms with Gasteiger partial charge in [-0.1, -0.05) is 18.2 Å². The molecule has 2 bridgehead atoms. The molecule has 4 heteroatoms. The van der Waals surface area contributed by atoms with E-state index in [0.717, 1.165) is 35.4 Å². The van der Waals surface area contributed by atoms with E-state index in [-0.39, 0.29) is 11.5 Å². The third kappa shape index (κ3) is 1.56. The highest BCUT2D eigenvalue weighted by molar-refractivity contribution is 5.61. The largest absolute Gasteiger partial charge is 0.490 e. The third-order valence-electron chi connectivity index (χ3n) is 6.99. The first-order valence-corrected chi connectivity index (χ1v) is 9.14. The number of quaternary nitrogens is 1. The van der Waals surface area contributed by atoms with Crippen LogP contribution in [-0.4, -0.2) is 55.1 Å². The van der Waals surface area contributed by atoms with Crippen LogP contribution in [0.5, 0.6) is 11.5 Å². The third-order valence-corrected chi connectivity index (χ3v) is 6.99. The molecule has 0 unspecified atom stereocenters. The molecule has 1 aromatic rings. The Morgan fingerprint density at radius 3 is 2.96 bits per heavy atom. The van der Waals surface area contributed by atoms with Crippen LogP contribution in [0.2, 0.25) is 0 Å². The lowest BCUT2D eigenvalue weighted by molar-refractivity contribution is -0.926. The van der Waals surface area contributed by atoms with Gasteiger partial charge in [-0.25, -0.2) is 0 Å². The maximum Gasteiger partial charge on any atom is 0.166 e. The second-order valence-electron chi connectivity index (χ2n) is 8.36. The number of likely N-dealkylation sites (N-methyl/N-ethyl adjacent to an activating group) is 1. The summed E-state index contributed by atoms with van der Waals surface area (Å²) >= 11 is 0. The maximum absolute atomic E-state index is 10.7. The number of likely N-dealkylation sites (tertiary alicyclic amines) is 1. The Kier molecular flexibility index (Phi) is 2.81. The van der Waals surface area contributed by atoms with Crippen molar-refractivity contribution >= 4 is 0 Å². The van der Waals surface area contributed by atoms with Crippen LogP contribution in [0.3, 0.4) is 0 Å². The van der Waals surface area contributed by atoms with Gasteiger partial charge in [-0.2, -0.15) is 0 Å². The van der Waals surface area contributed by atoms with Crippen molar-refractivity contribution < 1.29 is 19.1 Å². The van der Waals surface area contributed by atoms with Gasteiger partial charge in [-0.15, -0.1) is 0 Å². The van der Waals surface area contributed by atoms with E-state index in [0.29, 0.717) is 18.6 Å². The second-order valence-corrected chi connectivity index (χ2v) is 8.36. The van der Waals surface area contributed by atoms with Crippen molar-refractivity contribution in [1.29, 1.82) is 0 Å². The van der Waals surface area contributed by atoms with Crippen LogP contribution >= 0.6 is 0 Å². The van der Waals surface area contributed by atoms with Gasteiger partial charge in [0.25, 0.3) is 0 Å². The zero-order valence-corrected chi connectivity index (χ0v) is 14.7. The number of aliphatic hydroxyl groups is 1. The molecule has 1 N–H and O–H groups in total. The normalized spacial score (nSPS) is 40.0. The average molecular weight is 328 g/mol. The first kappa shape index (κ1) is 14.8. The van der Waals surface area contributed by atoms with Crippen molar-refractivity contribution in [1.82, 2.24) is 0 Å². The van der Waals surface area contributed by atoms with Crippen molar-refractivity contribution in [3.8, 4) is 11.5 Å². The Morgan fingerprint density at radius 2 is 2.17 bits per heavy atom. The fraction of sp³-hybridized carbons (Fsp3) is 0.600. The summed E-state index contributed by atoms with van der Waals surface area (Å²) in [5.41, 5.74) is 2.65. The summed E-state index contributed by atoms with van der Waals surface area (Å²) in [6, 6.07) is 4.84. The molecule has 1 saturated heterocycles. The number of hydrogen-bond donors (Lipinski definition) is 1. The van der Waals surface area contributed by atoms with Crippen molar-refractivity contribution in [2.45, 2.75) is 43.4 Å². The van der Waals surface area contributed by atoms with Gasteiger partial charge < -0.3 is 19.1 Å². The zero-order valence-electron chi connectivity index (χ0n) is 14.7. The standard InChI is InChI=1S/C20H26NO3/c1-4-23-16-8-5-12-11-14-13-6-7-15(22)19-20(13,9-10-21(14,2)3)17(12)18(16)24-19/h5-8,13-15,19,22H,4,9-11H2,1-3H3/q+1/t13-,14+,15-,19-,20-/m0/s1. The summed E-state index contributed by atoms with van der Waals surface area (Å²) in [5.74, 6) is 2.17. The first-order chi connectivity index (χ1) is 11.5. The van der Waals surface area contributed by atoms with Crippen LogP contribution in [0.15, 0.2) is 24.3 Å². The van der Waals surface area contributed by atoms with Gasteiger partial charge in [0, 0.05) is 24.3 Å². The Morgan fingerprint density at radius 1 is 1.33 bits per heavy atom. The fourth-order valence-corrected chi connectivity index (χ4v) is 5.86. The number of ether oxygens (including phenoxy) is 2. The minimum Gasteiger partial charge on any atom is -0.490 e. The molecule has 0 amide bonds. The van der Waals surface area contributed by atoms with Crippen LogP contribution in [-0.2, 0) is 11.8 Å². The highest BCUT2D eigenvalue weighted by Crippen LogP contribution is 2.63. The Balaban J connectivity index is 1.78. The Hall–Kier alpha value is -1.52. The molecule has 2 aliphatic heterocycles. The van der Waals surface area contributed by atoms with Crippen LogP contribution in [0.4, 0.5) is 0 Å². The number of piperidine rings is 1. The quantitative estimate of drug-likeness (QED) is 0.667. The molecule has 24 heavy (non-hydrogen) atoms. The number of aliphatic hydroxyl groups excluding tert-OH is 1. The zero-order chi connectivity index (χ0) is 16.7. The van der Waals surface area contributed by atoms with Crippen molar-refractivity contribution in [2.24, 2.45) is 5.92 Å². The van der Waals surface area contributed by atoms with Gasteiger partial charge in [0.05, 0.1) is 32.7 Å². The van der Waals surface area contributed by atoms with E-state index >= 15 is 0 Å². The number of nitrogens with zero attached hydrogens (tertiary/aromatic N) is 1. The molecule has 2 heterocycles. The molecule has 4 aliphatic rings. The monoisotopic (exact) mass is 328 g/mol. The van der Waals surface area contributed by atoms with Crippen LogP contribution in [0, 0.1) is 5.92 Å². The first-order valence-electron chi connectivity index (χ1n) is 9.14. The lowest BCUT2D eigenvalue weighted by atomic mass is 9.53. The van der Waals surface area contributed by atoms with Crippen molar-refractivity contribution in [3.05, 3.63) is 35.4 Å². The summed E-state index contributed by atoms with van der Waals surface area (Å²) < 4.78 is 13.3. The van der Waals surface area contributed by atoms with E-state index in [2.05, 4.69) is 32.3 Å². The van der Waals surface area contributed by atoms with Crippen LogP contribution in [0.1, 0.15) is 24.5 Å². The van der Waals surface area contributed by atoms with E-state index in [1.807, 2.05) is 13.0 Å². The fourth-order valence-electron chi connectivity index (χ4n) is 5.86. The minimum atomic E-state index is -0.538. The van der Waals surface area contributed by atoms with E-state index in [9.17, 15) is 5.11 Å². The average Bonchev–Trinajstić information content (AvgIpc) is 2.91. The second kappa shape index (κ2) is 4.55. The highest BCUT2D eigenvalue weighted by Gasteiger charge is 2.67. The minimum absolute atomic E-state index is 0.0807. The lowest BCUT2D eigenvalue weighted by Crippen LogP contribution is -2.70. The molecule has 1 fully saturated rings. The molecular weight excluding hydrogens is 302 g/mol. The number of benzene rings is 1.